The van der Waals surface area contributed by atoms with Gasteiger partial charge in [0.1, 0.15) is 6.61 Å². The number of rotatable bonds is 36. The van der Waals surface area contributed by atoms with E-state index in [1.165, 1.54) is 109 Å². The van der Waals surface area contributed by atoms with Gasteiger partial charge < -0.3 is 14.4 Å². The van der Waals surface area contributed by atoms with Gasteiger partial charge in [-0.15, -0.1) is 0 Å². The Morgan fingerprint density at radius 1 is 0.574 bits per heavy atom. The van der Waals surface area contributed by atoms with Crippen LogP contribution in [0.2, 0.25) is 0 Å². The molecule has 47 heavy (non-hydrogen) atoms. The van der Waals surface area contributed by atoms with Crippen molar-refractivity contribution in [1.82, 2.24) is 0 Å². The number of unbranched alkanes of at least 4 members (excludes halogenated alkanes) is 23. The van der Waals surface area contributed by atoms with Gasteiger partial charge in [0.2, 0.25) is 0 Å². The van der Waals surface area contributed by atoms with Crippen LogP contribution in [-0.4, -0.2) is 43.3 Å². The number of carbonyl (C=O) groups is 2. The van der Waals surface area contributed by atoms with Crippen molar-refractivity contribution in [2.75, 3.05) is 20.3 Å². The molecule has 0 radical (unpaired) electrons. The van der Waals surface area contributed by atoms with E-state index in [1.54, 1.807) is 0 Å². The first kappa shape index (κ1) is 45.8. The summed E-state index contributed by atoms with van der Waals surface area (Å²) in [5, 5.41) is 0. The fourth-order valence-electron chi connectivity index (χ4n) is 5.48. The monoisotopic (exact) mass is 689 g/mol. The quantitative estimate of drug-likeness (QED) is 0.0300. The van der Waals surface area contributed by atoms with Crippen LogP contribution in [0, 0.1) is 0 Å². The van der Waals surface area contributed by atoms with Crippen molar-refractivity contribution < 1.29 is 37.6 Å². The van der Waals surface area contributed by atoms with Gasteiger partial charge in [0.25, 0.3) is 0 Å². The molecule has 1 N–H and O–H groups in total. The van der Waals surface area contributed by atoms with Crippen LogP contribution in [-0.2, 0) is 32.7 Å². The summed E-state index contributed by atoms with van der Waals surface area (Å²) in [5.41, 5.74) is 0. The average Bonchev–Trinajstić information content (AvgIpc) is 3.06. The molecule has 278 valence electrons. The van der Waals surface area contributed by atoms with Crippen molar-refractivity contribution in [3.63, 3.8) is 0 Å². The average molecular weight is 689 g/mol. The number of hydrogen-bond donors (Lipinski definition) is 1. The zero-order valence-electron chi connectivity index (χ0n) is 30.7. The largest absolute Gasteiger partial charge is 0.472 e. The lowest BCUT2D eigenvalue weighted by Crippen LogP contribution is -2.29. The number of carbonyl (C=O) groups excluding carboxylic acids is 2. The molecule has 0 aliphatic rings. The first-order chi connectivity index (χ1) is 22.8. The summed E-state index contributed by atoms with van der Waals surface area (Å²) in [6.45, 7) is 3.86. The van der Waals surface area contributed by atoms with E-state index in [-0.39, 0.29) is 19.0 Å². The first-order valence-corrected chi connectivity index (χ1v) is 20.9. The molecule has 0 amide bonds. The van der Waals surface area contributed by atoms with Gasteiger partial charge >= 0.3 is 19.8 Å². The van der Waals surface area contributed by atoms with Crippen LogP contribution < -0.4 is 0 Å². The van der Waals surface area contributed by atoms with Gasteiger partial charge in [-0.2, -0.15) is 0 Å². The summed E-state index contributed by atoms with van der Waals surface area (Å²) in [6, 6.07) is 0. The van der Waals surface area contributed by atoms with Gasteiger partial charge in [-0.1, -0.05) is 154 Å². The van der Waals surface area contributed by atoms with Crippen LogP contribution in [0.25, 0.3) is 0 Å². The third-order valence-electron chi connectivity index (χ3n) is 8.51. The SMILES string of the molecule is CCCCC/C=C\CCCCCCCC(=O)OC(COC(=O)CCCCCCCCCCCCCCCCCC)COP(=O)(O)OC. The Balaban J connectivity index is 4.01. The summed E-state index contributed by atoms with van der Waals surface area (Å²) >= 11 is 0. The van der Waals surface area contributed by atoms with E-state index in [0.29, 0.717) is 12.8 Å². The molecule has 0 aromatic heterocycles. The van der Waals surface area contributed by atoms with Gasteiger partial charge in [-0.25, -0.2) is 4.57 Å². The minimum atomic E-state index is -4.25. The highest BCUT2D eigenvalue weighted by Crippen LogP contribution is 2.42. The number of phosphoric ester groups is 1. The molecule has 9 heteroatoms. The predicted octanol–water partition coefficient (Wildman–Crippen LogP) is 11.7. The van der Waals surface area contributed by atoms with Crippen molar-refractivity contribution >= 4 is 19.8 Å². The highest BCUT2D eigenvalue weighted by molar-refractivity contribution is 7.47. The molecule has 0 aromatic carbocycles. The Morgan fingerprint density at radius 3 is 1.43 bits per heavy atom. The third-order valence-corrected chi connectivity index (χ3v) is 9.45. The van der Waals surface area contributed by atoms with Gasteiger partial charge in [0.15, 0.2) is 6.10 Å². The van der Waals surface area contributed by atoms with Crippen LogP contribution in [0.15, 0.2) is 12.2 Å². The lowest BCUT2D eigenvalue weighted by atomic mass is 10.0. The lowest BCUT2D eigenvalue weighted by molar-refractivity contribution is -0.161. The van der Waals surface area contributed by atoms with E-state index in [4.69, 9.17) is 14.0 Å². The fraction of sp³-hybridized carbons (Fsp3) is 0.895. The van der Waals surface area contributed by atoms with E-state index in [2.05, 4.69) is 30.5 Å². The minimum absolute atomic E-state index is 0.223. The minimum Gasteiger partial charge on any atom is -0.462 e. The summed E-state index contributed by atoms with van der Waals surface area (Å²) in [4.78, 5) is 34.3. The fourth-order valence-corrected chi connectivity index (χ4v) is 5.94. The second-order valence-electron chi connectivity index (χ2n) is 13.1. The molecule has 0 rings (SSSR count). The number of phosphoric acid groups is 1. The molecule has 0 aromatic rings. The van der Waals surface area contributed by atoms with Gasteiger partial charge in [0, 0.05) is 20.0 Å². The van der Waals surface area contributed by atoms with E-state index in [9.17, 15) is 19.0 Å². The molecule has 0 aliphatic carbocycles. The second-order valence-corrected chi connectivity index (χ2v) is 14.6. The molecule has 0 fully saturated rings. The second kappa shape index (κ2) is 34.6. The van der Waals surface area contributed by atoms with Gasteiger partial charge in [-0.3, -0.25) is 18.6 Å². The Morgan fingerprint density at radius 2 is 0.957 bits per heavy atom. The van der Waals surface area contributed by atoms with Crippen molar-refractivity contribution in [3.05, 3.63) is 12.2 Å². The van der Waals surface area contributed by atoms with Crippen LogP contribution >= 0.6 is 7.82 Å². The zero-order valence-corrected chi connectivity index (χ0v) is 31.6. The van der Waals surface area contributed by atoms with E-state index in [0.717, 1.165) is 58.5 Å². The summed E-state index contributed by atoms with van der Waals surface area (Å²) < 4.78 is 31.9. The van der Waals surface area contributed by atoms with Crippen molar-refractivity contribution in [3.8, 4) is 0 Å². The summed E-state index contributed by atoms with van der Waals surface area (Å²) in [5.74, 6) is -0.807. The standard InChI is InChI=1S/C38H73O8P/c1-4-6-8-10-12-14-16-18-19-20-21-23-24-26-28-30-32-37(39)44-34-36(35-45-47(41,42)43-3)46-38(40)33-31-29-27-25-22-17-15-13-11-9-7-5-2/h13,15,36H,4-12,14,16-35H2,1-3H3,(H,41,42)/b15-13-. The third kappa shape index (κ3) is 34.5. The zero-order chi connectivity index (χ0) is 34.7. The maximum atomic E-state index is 12.4. The van der Waals surface area contributed by atoms with E-state index >= 15 is 0 Å². The van der Waals surface area contributed by atoms with Crippen molar-refractivity contribution in [1.29, 1.82) is 0 Å². The molecule has 8 nitrogen and oxygen atoms in total. The smallest absolute Gasteiger partial charge is 0.462 e. The first-order valence-electron chi connectivity index (χ1n) is 19.4. The topological polar surface area (TPSA) is 108 Å². The Bertz CT molecular complexity index is 788. The van der Waals surface area contributed by atoms with Gasteiger partial charge in [0.05, 0.1) is 6.61 Å². The maximum absolute atomic E-state index is 12.4. The molecule has 2 unspecified atom stereocenters. The lowest BCUT2D eigenvalue weighted by Gasteiger charge is -2.19. The molecule has 0 heterocycles. The Kier molecular flexibility index (Phi) is 33.8. The Labute approximate surface area is 289 Å². The normalized spacial score (nSPS) is 13.5. The molecule has 0 aliphatic heterocycles. The molecular formula is C38H73O8P. The number of allylic oxidation sites excluding steroid dienone is 2. The maximum Gasteiger partial charge on any atom is 0.472 e. The molecule has 0 saturated carbocycles. The van der Waals surface area contributed by atoms with E-state index in [1.807, 2.05) is 0 Å². The Hall–Kier alpha value is -1.21. The summed E-state index contributed by atoms with van der Waals surface area (Å²) in [6.07, 6.45) is 35.5. The predicted molar refractivity (Wildman–Crippen MR) is 193 cm³/mol. The number of ether oxygens (including phenoxy) is 2. The molecule has 0 saturated heterocycles. The number of esters is 2. The van der Waals surface area contributed by atoms with Crippen LogP contribution in [0.5, 0.6) is 0 Å². The molecule has 0 bridgehead atoms. The highest BCUT2D eigenvalue weighted by Gasteiger charge is 2.24. The van der Waals surface area contributed by atoms with Gasteiger partial charge in [-0.05, 0) is 38.5 Å². The summed E-state index contributed by atoms with van der Waals surface area (Å²) in [7, 11) is -3.19. The van der Waals surface area contributed by atoms with E-state index < -0.39 is 26.5 Å². The van der Waals surface area contributed by atoms with Crippen molar-refractivity contribution in [2.45, 2.75) is 200 Å². The number of hydrogen-bond acceptors (Lipinski definition) is 7. The highest BCUT2D eigenvalue weighted by atomic mass is 31.2. The molecule has 2 atom stereocenters. The van der Waals surface area contributed by atoms with Crippen LogP contribution in [0.3, 0.4) is 0 Å². The van der Waals surface area contributed by atoms with Crippen LogP contribution in [0.4, 0.5) is 0 Å². The van der Waals surface area contributed by atoms with Crippen molar-refractivity contribution in [2.24, 2.45) is 0 Å². The molecular weight excluding hydrogens is 615 g/mol. The molecule has 0 spiro atoms. The van der Waals surface area contributed by atoms with Crippen LogP contribution in [0.1, 0.15) is 194 Å².